The zero-order chi connectivity index (χ0) is 24.7. The summed E-state index contributed by atoms with van der Waals surface area (Å²) in [5.41, 5.74) is 2.54. The number of nitrogens with zero attached hydrogens (tertiary/aromatic N) is 5. The molecule has 2 atom stereocenters. The van der Waals surface area contributed by atoms with E-state index in [0.29, 0.717) is 30.8 Å². The van der Waals surface area contributed by atoms with Crippen LogP contribution in [0.25, 0.3) is 11.0 Å². The zero-order valence-corrected chi connectivity index (χ0v) is 21.0. The molecule has 1 aromatic carbocycles. The molecule has 0 amide bonds. The maximum Gasteiger partial charge on any atom is 0.269 e. The molecule has 4 heterocycles. The number of anilines is 2. The lowest BCUT2D eigenvalue weighted by atomic mass is 9.74. The first-order valence-corrected chi connectivity index (χ1v) is 13.0. The Bertz CT molecular complexity index is 1280. The van der Waals surface area contributed by atoms with Gasteiger partial charge in [0.05, 0.1) is 30.5 Å². The Morgan fingerprint density at radius 3 is 2.53 bits per heavy atom. The van der Waals surface area contributed by atoms with Gasteiger partial charge in [0, 0.05) is 55.7 Å². The van der Waals surface area contributed by atoms with Gasteiger partial charge >= 0.3 is 0 Å². The van der Waals surface area contributed by atoms with E-state index in [9.17, 15) is 4.79 Å². The van der Waals surface area contributed by atoms with Crippen molar-refractivity contribution in [2.45, 2.75) is 63.7 Å². The van der Waals surface area contributed by atoms with Crippen molar-refractivity contribution in [3.05, 3.63) is 47.1 Å². The summed E-state index contributed by atoms with van der Waals surface area (Å²) in [6.45, 7) is 4.65. The third-order valence-corrected chi connectivity index (χ3v) is 8.10. The van der Waals surface area contributed by atoms with Gasteiger partial charge in [0.1, 0.15) is 11.3 Å². The molecule has 36 heavy (non-hydrogen) atoms. The number of aryl methyl sites for hydroxylation is 1. The normalized spacial score (nSPS) is 27.8. The summed E-state index contributed by atoms with van der Waals surface area (Å²) in [5, 5.41) is 3.46. The highest BCUT2D eigenvalue weighted by molar-refractivity contribution is 5.86. The predicted molar refractivity (Wildman–Crippen MR) is 139 cm³/mol. The fourth-order valence-electron chi connectivity index (χ4n) is 5.87. The van der Waals surface area contributed by atoms with Gasteiger partial charge in [0.2, 0.25) is 5.95 Å². The van der Waals surface area contributed by atoms with Crippen LogP contribution in [0.2, 0.25) is 0 Å². The van der Waals surface area contributed by atoms with Crippen molar-refractivity contribution in [1.29, 1.82) is 0 Å². The Hall–Kier alpha value is -3.20. The lowest BCUT2D eigenvalue weighted by Gasteiger charge is -2.37. The van der Waals surface area contributed by atoms with Crippen molar-refractivity contribution in [2.24, 2.45) is 12.5 Å². The van der Waals surface area contributed by atoms with Crippen LogP contribution in [0.4, 0.5) is 11.6 Å². The molecule has 9 nitrogen and oxygen atoms in total. The molecule has 2 aliphatic heterocycles. The largest absolute Gasteiger partial charge is 0.491 e. The quantitative estimate of drug-likeness (QED) is 0.561. The summed E-state index contributed by atoms with van der Waals surface area (Å²) >= 11 is 0. The summed E-state index contributed by atoms with van der Waals surface area (Å²) in [7, 11) is 1.79. The van der Waals surface area contributed by atoms with Crippen molar-refractivity contribution in [1.82, 2.24) is 19.5 Å². The molecule has 3 fully saturated rings. The second kappa shape index (κ2) is 9.35. The SMILES string of the molecule is Cn1c(=O)cnc2cc(N3CC4CCC(C3)O4)cc(OCC3(C)CCC(Nc4ncccn4)CC3)c21. The average Bonchev–Trinajstić information content (AvgIpc) is 3.24. The minimum atomic E-state index is -0.134. The molecular formula is C27H34N6O3. The Labute approximate surface area is 210 Å². The standard InChI is InChI=1S/C27H34N6O3/c1-27(8-6-18(7-9-27)31-26-28-10-3-11-29-26)17-35-23-13-19(33-15-20-4-5-21(16-33)36-20)12-22-25(23)32(2)24(34)14-30-22/h3,10-14,18,20-21H,4-9,15-17H2,1-2H3,(H,28,29,31). The van der Waals surface area contributed by atoms with Gasteiger partial charge in [-0.2, -0.15) is 0 Å². The van der Waals surface area contributed by atoms with E-state index in [0.717, 1.165) is 74.1 Å². The Morgan fingerprint density at radius 2 is 1.81 bits per heavy atom. The molecule has 190 valence electrons. The van der Waals surface area contributed by atoms with Gasteiger partial charge in [-0.05, 0) is 50.7 Å². The number of fused-ring (bicyclic) bond motifs is 3. The molecule has 6 rings (SSSR count). The maximum absolute atomic E-state index is 12.4. The number of hydrogen-bond donors (Lipinski definition) is 1. The molecule has 2 aromatic heterocycles. The summed E-state index contributed by atoms with van der Waals surface area (Å²) < 4.78 is 14.2. The van der Waals surface area contributed by atoms with Gasteiger partial charge in [0.15, 0.2) is 0 Å². The van der Waals surface area contributed by atoms with E-state index in [1.807, 2.05) is 6.07 Å². The summed E-state index contributed by atoms with van der Waals surface area (Å²) in [6, 6.07) is 6.37. The monoisotopic (exact) mass is 490 g/mol. The maximum atomic E-state index is 12.4. The highest BCUT2D eigenvalue weighted by atomic mass is 16.5. The second-order valence-electron chi connectivity index (χ2n) is 10.9. The highest BCUT2D eigenvalue weighted by Crippen LogP contribution is 2.39. The number of ether oxygens (including phenoxy) is 2. The van der Waals surface area contributed by atoms with Gasteiger partial charge in [-0.25, -0.2) is 15.0 Å². The highest BCUT2D eigenvalue weighted by Gasteiger charge is 2.35. The lowest BCUT2D eigenvalue weighted by Crippen LogP contribution is -2.42. The van der Waals surface area contributed by atoms with Crippen LogP contribution in [0.3, 0.4) is 0 Å². The van der Waals surface area contributed by atoms with Crippen LogP contribution in [0.5, 0.6) is 5.75 Å². The van der Waals surface area contributed by atoms with Crippen molar-refractivity contribution in [3.8, 4) is 5.75 Å². The Kier molecular flexibility index (Phi) is 6.03. The van der Waals surface area contributed by atoms with E-state index in [1.54, 1.807) is 24.0 Å². The van der Waals surface area contributed by atoms with E-state index in [-0.39, 0.29) is 11.0 Å². The first-order valence-electron chi connectivity index (χ1n) is 13.0. The molecular weight excluding hydrogens is 456 g/mol. The van der Waals surface area contributed by atoms with Crippen molar-refractivity contribution >= 4 is 22.7 Å². The van der Waals surface area contributed by atoms with Crippen LogP contribution < -0.4 is 20.5 Å². The molecule has 2 unspecified atom stereocenters. The number of hydrogen-bond acceptors (Lipinski definition) is 8. The van der Waals surface area contributed by atoms with Crippen molar-refractivity contribution in [3.63, 3.8) is 0 Å². The smallest absolute Gasteiger partial charge is 0.269 e. The van der Waals surface area contributed by atoms with E-state index in [2.05, 4.69) is 44.2 Å². The fourth-order valence-corrected chi connectivity index (χ4v) is 5.87. The number of benzene rings is 1. The number of nitrogens with one attached hydrogen (secondary N) is 1. The van der Waals surface area contributed by atoms with Crippen LogP contribution >= 0.6 is 0 Å². The van der Waals surface area contributed by atoms with Crippen LogP contribution in [-0.4, -0.2) is 57.5 Å². The lowest BCUT2D eigenvalue weighted by molar-refractivity contribution is 0.0305. The van der Waals surface area contributed by atoms with Crippen LogP contribution in [0, 0.1) is 5.41 Å². The second-order valence-corrected chi connectivity index (χ2v) is 10.9. The molecule has 1 N–H and O–H groups in total. The summed E-state index contributed by atoms with van der Waals surface area (Å²) in [5.74, 6) is 1.42. The molecule has 3 aromatic rings. The summed E-state index contributed by atoms with van der Waals surface area (Å²) in [4.78, 5) is 27.9. The molecule has 0 radical (unpaired) electrons. The third kappa shape index (κ3) is 4.64. The van der Waals surface area contributed by atoms with Gasteiger partial charge in [-0.15, -0.1) is 0 Å². The Balaban J connectivity index is 1.20. The van der Waals surface area contributed by atoms with Gasteiger partial charge in [0.25, 0.3) is 5.56 Å². The first kappa shape index (κ1) is 23.2. The Morgan fingerprint density at radius 1 is 1.08 bits per heavy atom. The molecule has 9 heteroatoms. The molecule has 0 spiro atoms. The van der Waals surface area contributed by atoms with E-state index < -0.39 is 0 Å². The molecule has 1 aliphatic carbocycles. The van der Waals surface area contributed by atoms with Crippen molar-refractivity contribution in [2.75, 3.05) is 29.9 Å². The fraction of sp³-hybridized carbons (Fsp3) is 0.556. The molecule has 1 saturated carbocycles. The van der Waals surface area contributed by atoms with Gasteiger partial charge < -0.3 is 24.3 Å². The van der Waals surface area contributed by atoms with Crippen LogP contribution in [0.15, 0.2) is 41.6 Å². The topological polar surface area (TPSA) is 94.4 Å². The zero-order valence-electron chi connectivity index (χ0n) is 21.0. The van der Waals surface area contributed by atoms with Crippen molar-refractivity contribution < 1.29 is 9.47 Å². The number of rotatable bonds is 6. The molecule has 2 bridgehead atoms. The van der Waals surface area contributed by atoms with Crippen LogP contribution in [0.1, 0.15) is 45.4 Å². The molecule has 2 saturated heterocycles. The van der Waals surface area contributed by atoms with E-state index >= 15 is 0 Å². The van der Waals surface area contributed by atoms with E-state index in [1.165, 1.54) is 6.20 Å². The van der Waals surface area contributed by atoms with E-state index in [4.69, 9.17) is 9.47 Å². The number of aromatic nitrogens is 4. The summed E-state index contributed by atoms with van der Waals surface area (Å²) in [6.07, 6.45) is 11.9. The number of morpholine rings is 1. The third-order valence-electron chi connectivity index (χ3n) is 8.10. The van der Waals surface area contributed by atoms with Gasteiger partial charge in [-0.3, -0.25) is 4.79 Å². The first-order chi connectivity index (χ1) is 17.5. The van der Waals surface area contributed by atoms with Gasteiger partial charge in [-0.1, -0.05) is 6.92 Å². The van der Waals surface area contributed by atoms with Crippen LogP contribution in [-0.2, 0) is 11.8 Å². The average molecular weight is 491 g/mol. The molecule has 3 aliphatic rings. The minimum Gasteiger partial charge on any atom is -0.491 e. The predicted octanol–water partition coefficient (Wildman–Crippen LogP) is 3.53. The minimum absolute atomic E-state index is 0.0528.